The number of nitrogens with two attached hydrogens (primary N) is 1. The molecule has 102 valence electrons. The van der Waals surface area contributed by atoms with E-state index >= 15 is 0 Å². The molecule has 0 radical (unpaired) electrons. The summed E-state index contributed by atoms with van der Waals surface area (Å²) in [5.41, 5.74) is 9.93. The summed E-state index contributed by atoms with van der Waals surface area (Å²) in [5, 5.41) is 10.6. The first kappa shape index (κ1) is 15.0. The summed E-state index contributed by atoms with van der Waals surface area (Å²) in [5.74, 6) is 0.435. The molecule has 0 atom stereocenters. The van der Waals surface area contributed by atoms with Gasteiger partial charge in [-0.15, -0.1) is 0 Å². The Morgan fingerprint density at radius 3 is 1.89 bits per heavy atom. The minimum Gasteiger partial charge on any atom is -0.507 e. The van der Waals surface area contributed by atoms with E-state index in [1.54, 1.807) is 0 Å². The molecular weight excluding hydrogens is 222 g/mol. The Kier molecular flexibility index (Phi) is 3.83. The van der Waals surface area contributed by atoms with Gasteiger partial charge < -0.3 is 10.8 Å². The Hall–Kier alpha value is -1.02. The highest BCUT2D eigenvalue weighted by atomic mass is 16.3. The lowest BCUT2D eigenvalue weighted by atomic mass is 9.76. The van der Waals surface area contributed by atoms with Gasteiger partial charge in [-0.2, -0.15) is 0 Å². The van der Waals surface area contributed by atoms with Crippen molar-refractivity contribution < 1.29 is 5.11 Å². The monoisotopic (exact) mass is 249 g/mol. The predicted molar refractivity (Wildman–Crippen MR) is 78.1 cm³/mol. The Labute approximate surface area is 111 Å². The third-order valence-corrected chi connectivity index (χ3v) is 3.45. The summed E-state index contributed by atoms with van der Waals surface area (Å²) < 4.78 is 0. The van der Waals surface area contributed by atoms with Crippen LogP contribution in [0.2, 0.25) is 0 Å². The molecule has 0 spiro atoms. The first-order valence-electron chi connectivity index (χ1n) is 6.56. The molecule has 0 amide bonds. The van der Waals surface area contributed by atoms with Gasteiger partial charge in [-0.05, 0) is 34.4 Å². The van der Waals surface area contributed by atoms with E-state index in [2.05, 4.69) is 54.5 Å². The van der Waals surface area contributed by atoms with Crippen LogP contribution in [-0.2, 0) is 17.4 Å². The molecular formula is C16H27NO. The molecule has 0 aliphatic rings. The summed E-state index contributed by atoms with van der Waals surface area (Å²) in [4.78, 5) is 0. The number of phenolic OH excluding ortho intramolecular Hbond substituents is 1. The molecule has 1 rings (SSSR count). The Morgan fingerprint density at radius 2 is 1.56 bits per heavy atom. The fourth-order valence-electron chi connectivity index (χ4n) is 2.53. The maximum atomic E-state index is 10.6. The van der Waals surface area contributed by atoms with Crippen LogP contribution >= 0.6 is 0 Å². The van der Waals surface area contributed by atoms with Crippen molar-refractivity contribution in [2.75, 3.05) is 0 Å². The van der Waals surface area contributed by atoms with E-state index in [1.807, 2.05) is 0 Å². The van der Waals surface area contributed by atoms with Crippen LogP contribution in [-0.4, -0.2) is 5.11 Å². The number of benzene rings is 1. The van der Waals surface area contributed by atoms with Gasteiger partial charge in [0.2, 0.25) is 0 Å². The molecule has 0 saturated carbocycles. The number of rotatable bonds is 1. The van der Waals surface area contributed by atoms with E-state index in [-0.39, 0.29) is 10.8 Å². The van der Waals surface area contributed by atoms with Gasteiger partial charge in [0.05, 0.1) is 0 Å². The van der Waals surface area contributed by atoms with Crippen LogP contribution in [0.1, 0.15) is 63.8 Å². The molecule has 2 nitrogen and oxygen atoms in total. The van der Waals surface area contributed by atoms with E-state index in [4.69, 9.17) is 5.73 Å². The molecule has 1 aromatic rings. The molecule has 0 aromatic heterocycles. The van der Waals surface area contributed by atoms with Crippen LogP contribution in [0.3, 0.4) is 0 Å². The van der Waals surface area contributed by atoms with Gasteiger partial charge in [0.25, 0.3) is 0 Å². The molecule has 0 bridgehead atoms. The summed E-state index contributed by atoms with van der Waals surface area (Å²) in [7, 11) is 0. The highest BCUT2D eigenvalue weighted by Gasteiger charge is 2.28. The van der Waals surface area contributed by atoms with Gasteiger partial charge in [-0.1, -0.05) is 47.6 Å². The van der Waals surface area contributed by atoms with Crippen molar-refractivity contribution >= 4 is 0 Å². The average molecular weight is 249 g/mol. The van der Waals surface area contributed by atoms with Crippen molar-refractivity contribution in [3.63, 3.8) is 0 Å². The van der Waals surface area contributed by atoms with Gasteiger partial charge in [0.15, 0.2) is 0 Å². The smallest absolute Gasteiger partial charge is 0.123 e. The zero-order chi connectivity index (χ0) is 14.3. The molecule has 0 aliphatic carbocycles. The van der Waals surface area contributed by atoms with Gasteiger partial charge in [-0.25, -0.2) is 0 Å². The molecule has 2 heteroatoms. The van der Waals surface area contributed by atoms with Gasteiger partial charge in [0.1, 0.15) is 5.75 Å². The van der Waals surface area contributed by atoms with E-state index in [0.717, 1.165) is 22.3 Å². The maximum absolute atomic E-state index is 10.6. The van der Waals surface area contributed by atoms with Gasteiger partial charge in [-0.3, -0.25) is 0 Å². The molecule has 1 aromatic carbocycles. The number of hydrogen-bond acceptors (Lipinski definition) is 2. The van der Waals surface area contributed by atoms with Crippen LogP contribution < -0.4 is 5.73 Å². The van der Waals surface area contributed by atoms with Crippen LogP contribution in [0.15, 0.2) is 6.07 Å². The lowest BCUT2D eigenvalue weighted by Gasteiger charge is -2.30. The topological polar surface area (TPSA) is 46.2 Å². The largest absolute Gasteiger partial charge is 0.507 e. The fraction of sp³-hybridized carbons (Fsp3) is 0.625. The first-order chi connectivity index (χ1) is 8.00. The molecule has 0 heterocycles. The summed E-state index contributed by atoms with van der Waals surface area (Å²) in [6.07, 6.45) is 0. The summed E-state index contributed by atoms with van der Waals surface area (Å²) in [6, 6.07) is 2.06. The van der Waals surface area contributed by atoms with E-state index in [1.165, 1.54) is 0 Å². The Bertz CT molecular complexity index is 448. The van der Waals surface area contributed by atoms with Gasteiger partial charge >= 0.3 is 0 Å². The second-order valence-corrected chi connectivity index (χ2v) is 7.14. The lowest BCUT2D eigenvalue weighted by molar-refractivity contribution is 0.421. The normalized spacial score (nSPS) is 12.9. The van der Waals surface area contributed by atoms with E-state index < -0.39 is 0 Å². The van der Waals surface area contributed by atoms with Crippen LogP contribution in [0, 0.1) is 6.92 Å². The third kappa shape index (κ3) is 2.69. The van der Waals surface area contributed by atoms with Crippen LogP contribution in [0.25, 0.3) is 0 Å². The molecule has 0 aliphatic heterocycles. The minimum absolute atomic E-state index is 0.0816. The minimum atomic E-state index is -0.0840. The standard InChI is InChI=1S/C16H27NO/c1-10-11(9-17)8-12(15(2,3)4)14(18)13(10)16(5,6)7/h8,18H,9,17H2,1-7H3. The highest BCUT2D eigenvalue weighted by molar-refractivity contribution is 5.54. The van der Waals surface area contributed by atoms with Crippen molar-refractivity contribution in [3.05, 3.63) is 28.3 Å². The first-order valence-corrected chi connectivity index (χ1v) is 6.56. The Morgan fingerprint density at radius 1 is 1.06 bits per heavy atom. The van der Waals surface area contributed by atoms with E-state index in [9.17, 15) is 5.11 Å². The molecule has 0 fully saturated rings. The highest BCUT2D eigenvalue weighted by Crippen LogP contribution is 2.42. The molecule has 3 N–H and O–H groups in total. The zero-order valence-corrected chi connectivity index (χ0v) is 12.8. The third-order valence-electron chi connectivity index (χ3n) is 3.45. The quantitative estimate of drug-likeness (QED) is 0.796. The number of phenols is 1. The summed E-state index contributed by atoms with van der Waals surface area (Å²) in [6.45, 7) is 15.3. The number of hydrogen-bond donors (Lipinski definition) is 2. The van der Waals surface area contributed by atoms with Gasteiger partial charge in [0, 0.05) is 12.1 Å². The number of aromatic hydroxyl groups is 1. The maximum Gasteiger partial charge on any atom is 0.123 e. The van der Waals surface area contributed by atoms with E-state index in [0.29, 0.717) is 12.3 Å². The molecule has 0 saturated heterocycles. The zero-order valence-electron chi connectivity index (χ0n) is 12.8. The van der Waals surface area contributed by atoms with Crippen molar-refractivity contribution in [2.45, 2.75) is 65.8 Å². The lowest BCUT2D eigenvalue weighted by Crippen LogP contribution is -2.20. The second-order valence-electron chi connectivity index (χ2n) is 7.14. The van der Waals surface area contributed by atoms with Crippen molar-refractivity contribution in [1.82, 2.24) is 0 Å². The second kappa shape index (κ2) is 4.58. The summed E-state index contributed by atoms with van der Waals surface area (Å²) >= 11 is 0. The van der Waals surface area contributed by atoms with Crippen molar-refractivity contribution in [1.29, 1.82) is 0 Å². The van der Waals surface area contributed by atoms with Crippen molar-refractivity contribution in [3.8, 4) is 5.75 Å². The Balaban J connectivity index is 3.71. The van der Waals surface area contributed by atoms with Crippen LogP contribution in [0.4, 0.5) is 0 Å². The fourth-order valence-corrected chi connectivity index (χ4v) is 2.53. The molecule has 18 heavy (non-hydrogen) atoms. The average Bonchev–Trinajstić information content (AvgIpc) is 2.13. The van der Waals surface area contributed by atoms with Crippen molar-refractivity contribution in [2.24, 2.45) is 5.73 Å². The predicted octanol–water partition coefficient (Wildman–Crippen LogP) is 3.75. The van der Waals surface area contributed by atoms with Crippen LogP contribution in [0.5, 0.6) is 5.75 Å². The molecule has 0 unspecified atom stereocenters. The SMILES string of the molecule is Cc1c(CN)cc(C(C)(C)C)c(O)c1C(C)(C)C.